The van der Waals surface area contributed by atoms with Crippen molar-refractivity contribution in [1.29, 1.82) is 0 Å². The van der Waals surface area contributed by atoms with Crippen LogP contribution in [0.4, 0.5) is 10.2 Å². The Balaban J connectivity index is 1.14. The third kappa shape index (κ3) is 5.78. The van der Waals surface area contributed by atoms with Crippen molar-refractivity contribution in [2.45, 2.75) is 50.6 Å². The highest BCUT2D eigenvalue weighted by atomic mass is 35.5. The zero-order chi connectivity index (χ0) is 33.7. The first-order chi connectivity index (χ1) is 23.8. The number of nitrogens with zero attached hydrogens (tertiary/aromatic N) is 7. The average molecular weight is 682 g/mol. The molecule has 3 aliphatic heterocycles. The molecule has 3 aromatic heterocycles. The highest BCUT2D eigenvalue weighted by molar-refractivity contribution is 6.36. The number of rotatable bonds is 8. The van der Waals surface area contributed by atoms with Gasteiger partial charge < -0.3 is 19.1 Å². The van der Waals surface area contributed by atoms with Gasteiger partial charge in [0.15, 0.2) is 11.6 Å². The minimum Gasteiger partial charge on any atom is -0.461 e. The number of benzene rings is 2. The molecule has 10 nitrogen and oxygen atoms in total. The Morgan fingerprint density at radius 3 is 2.73 bits per heavy atom. The van der Waals surface area contributed by atoms with Crippen LogP contribution in [0.2, 0.25) is 5.02 Å². The summed E-state index contributed by atoms with van der Waals surface area (Å²) in [6.07, 6.45) is 9.87. The lowest BCUT2D eigenvalue weighted by molar-refractivity contribution is -0.124. The SMILES string of the molecule is Cc1cc(/C=C/C(=O)N2CC[C@@H](N(C)c3nc(OCC45CCCN4CCC5)nc4c(F)c(-c5cccc6cccc(Cl)c56)ncc34)C2)on1. The highest BCUT2D eigenvalue weighted by Crippen LogP contribution is 2.40. The molecule has 3 aliphatic rings. The summed E-state index contributed by atoms with van der Waals surface area (Å²) >= 11 is 6.63. The second kappa shape index (κ2) is 12.7. The summed E-state index contributed by atoms with van der Waals surface area (Å²) in [6, 6.07) is 13.1. The molecule has 0 spiro atoms. The van der Waals surface area contributed by atoms with E-state index in [1.807, 2.05) is 49.2 Å². The number of pyridine rings is 1. The number of aromatic nitrogens is 4. The molecule has 0 saturated carbocycles. The second-order valence-electron chi connectivity index (χ2n) is 13.4. The fourth-order valence-electron chi connectivity index (χ4n) is 7.85. The minimum atomic E-state index is -0.565. The van der Waals surface area contributed by atoms with Crippen LogP contribution >= 0.6 is 11.6 Å². The number of ether oxygens (including phenoxy) is 1. The minimum absolute atomic E-state index is 0.0315. The molecule has 3 fully saturated rings. The Morgan fingerprint density at radius 1 is 1.16 bits per heavy atom. The largest absolute Gasteiger partial charge is 0.461 e. The van der Waals surface area contributed by atoms with E-state index in [-0.39, 0.29) is 34.7 Å². The smallest absolute Gasteiger partial charge is 0.319 e. The molecule has 49 heavy (non-hydrogen) atoms. The van der Waals surface area contributed by atoms with E-state index in [0.717, 1.165) is 55.2 Å². The van der Waals surface area contributed by atoms with Crippen molar-refractivity contribution in [1.82, 2.24) is 29.9 Å². The summed E-state index contributed by atoms with van der Waals surface area (Å²) < 4.78 is 28.4. The van der Waals surface area contributed by atoms with Gasteiger partial charge in [-0.15, -0.1) is 0 Å². The Hall–Kier alpha value is -4.61. The topological polar surface area (TPSA) is 101 Å². The van der Waals surface area contributed by atoms with Gasteiger partial charge in [0.1, 0.15) is 23.6 Å². The maximum Gasteiger partial charge on any atom is 0.319 e. The van der Waals surface area contributed by atoms with E-state index in [9.17, 15) is 4.79 Å². The zero-order valence-electron chi connectivity index (χ0n) is 27.5. The molecule has 2 aromatic carbocycles. The fraction of sp³-hybridized carbons (Fsp3) is 0.378. The highest BCUT2D eigenvalue weighted by Gasteiger charge is 2.45. The lowest BCUT2D eigenvalue weighted by Gasteiger charge is -2.31. The molecule has 1 atom stereocenters. The molecule has 0 bridgehead atoms. The van der Waals surface area contributed by atoms with E-state index in [4.69, 9.17) is 25.8 Å². The summed E-state index contributed by atoms with van der Waals surface area (Å²) in [5.74, 6) is 0.346. The van der Waals surface area contributed by atoms with Crippen LogP contribution in [0.25, 0.3) is 39.0 Å². The summed E-state index contributed by atoms with van der Waals surface area (Å²) in [6.45, 7) is 5.45. The van der Waals surface area contributed by atoms with Crippen molar-refractivity contribution in [3.8, 4) is 17.3 Å². The van der Waals surface area contributed by atoms with Gasteiger partial charge in [-0.1, -0.05) is 47.1 Å². The number of halogens is 2. The summed E-state index contributed by atoms with van der Waals surface area (Å²) in [7, 11) is 1.92. The van der Waals surface area contributed by atoms with Crippen molar-refractivity contribution in [3.63, 3.8) is 0 Å². The number of aryl methyl sites for hydroxylation is 1. The van der Waals surface area contributed by atoms with Crippen molar-refractivity contribution in [2.24, 2.45) is 0 Å². The summed E-state index contributed by atoms with van der Waals surface area (Å²) in [5.41, 5.74) is 1.59. The molecule has 0 aliphatic carbocycles. The standard InChI is InChI=1S/C37H37ClFN7O3/c1-23-19-26(49-43-23)11-12-30(47)45-18-13-25(21-45)44(2)35-28-20-40-33(27-9-3-7-24-8-4-10-29(38)31(24)27)32(39)34(28)41-36(42-35)48-22-37-14-5-16-46(37)17-6-15-37/h3-4,7-12,19-20,25H,5-6,13-18,21-22H2,1-2H3/b12-11+/t25-/m1/s1. The van der Waals surface area contributed by atoms with Crippen LogP contribution in [0.3, 0.4) is 0 Å². The van der Waals surface area contributed by atoms with E-state index in [0.29, 0.717) is 53.7 Å². The van der Waals surface area contributed by atoms with Gasteiger partial charge in [-0.25, -0.2) is 4.39 Å². The molecule has 6 heterocycles. The lowest BCUT2D eigenvalue weighted by atomic mass is 9.95. The Morgan fingerprint density at radius 2 is 1.96 bits per heavy atom. The summed E-state index contributed by atoms with van der Waals surface area (Å²) in [5, 5.41) is 6.47. The number of carbonyl (C=O) groups excluding carboxylic acids is 1. The number of hydrogen-bond donors (Lipinski definition) is 0. The van der Waals surface area contributed by atoms with Crippen LogP contribution in [-0.4, -0.2) is 87.2 Å². The molecule has 5 aromatic rings. The number of hydrogen-bond acceptors (Lipinski definition) is 9. The average Bonchev–Trinajstić information content (AvgIpc) is 3.91. The van der Waals surface area contributed by atoms with E-state index in [1.54, 1.807) is 29.3 Å². The van der Waals surface area contributed by atoms with Crippen molar-refractivity contribution in [2.75, 3.05) is 44.7 Å². The molecule has 0 unspecified atom stereocenters. The molecule has 3 saturated heterocycles. The van der Waals surface area contributed by atoms with Crippen LogP contribution in [0.15, 0.2) is 59.3 Å². The lowest BCUT2D eigenvalue weighted by Crippen LogP contribution is -2.43. The maximum absolute atomic E-state index is 16.8. The predicted octanol–water partition coefficient (Wildman–Crippen LogP) is 6.69. The van der Waals surface area contributed by atoms with E-state index in [2.05, 4.69) is 20.0 Å². The molecular formula is C37H37ClFN7O3. The normalized spacial score (nSPS) is 19.0. The summed E-state index contributed by atoms with van der Waals surface area (Å²) in [4.78, 5) is 33.6. The van der Waals surface area contributed by atoms with Gasteiger partial charge in [-0.05, 0) is 69.6 Å². The predicted molar refractivity (Wildman–Crippen MR) is 187 cm³/mol. The molecule has 1 amide bonds. The third-order valence-corrected chi connectivity index (χ3v) is 10.7. The van der Waals surface area contributed by atoms with E-state index < -0.39 is 5.82 Å². The zero-order valence-corrected chi connectivity index (χ0v) is 28.3. The van der Waals surface area contributed by atoms with Gasteiger partial charge in [0, 0.05) is 60.5 Å². The van der Waals surface area contributed by atoms with E-state index >= 15 is 4.39 Å². The Bertz CT molecular complexity index is 2090. The molecule has 0 radical (unpaired) electrons. The number of fused-ring (bicyclic) bond motifs is 3. The molecular weight excluding hydrogens is 645 g/mol. The van der Waals surface area contributed by atoms with Crippen LogP contribution in [-0.2, 0) is 4.79 Å². The Kier molecular flexibility index (Phi) is 8.19. The fourth-order valence-corrected chi connectivity index (χ4v) is 8.13. The Labute approximate surface area is 288 Å². The van der Waals surface area contributed by atoms with Crippen molar-refractivity contribution >= 4 is 51.1 Å². The maximum atomic E-state index is 16.8. The third-order valence-electron chi connectivity index (χ3n) is 10.4. The van der Waals surface area contributed by atoms with Gasteiger partial charge in [0.25, 0.3) is 0 Å². The van der Waals surface area contributed by atoms with Gasteiger partial charge in [0.05, 0.1) is 16.6 Å². The monoisotopic (exact) mass is 681 g/mol. The van der Waals surface area contributed by atoms with Crippen LogP contribution in [0, 0.1) is 12.7 Å². The van der Waals surface area contributed by atoms with Gasteiger partial charge in [-0.3, -0.25) is 14.7 Å². The second-order valence-corrected chi connectivity index (χ2v) is 13.8. The van der Waals surface area contributed by atoms with Crippen LogP contribution < -0.4 is 9.64 Å². The number of amides is 1. The van der Waals surface area contributed by atoms with Gasteiger partial charge in [-0.2, -0.15) is 9.97 Å². The molecule has 252 valence electrons. The number of likely N-dealkylation sites (N-methyl/N-ethyl adjacent to an activating group) is 1. The van der Waals surface area contributed by atoms with Gasteiger partial charge in [0.2, 0.25) is 5.91 Å². The molecule has 0 N–H and O–H groups in total. The van der Waals surface area contributed by atoms with Crippen LogP contribution in [0.1, 0.15) is 43.6 Å². The number of likely N-dealkylation sites (tertiary alicyclic amines) is 1. The van der Waals surface area contributed by atoms with Crippen molar-refractivity contribution < 1.29 is 18.4 Å². The van der Waals surface area contributed by atoms with Gasteiger partial charge >= 0.3 is 6.01 Å². The first-order valence-electron chi connectivity index (χ1n) is 16.8. The first kappa shape index (κ1) is 31.6. The first-order valence-corrected chi connectivity index (χ1v) is 17.2. The molecule has 12 heteroatoms. The van der Waals surface area contributed by atoms with Crippen molar-refractivity contribution in [3.05, 3.63) is 77.0 Å². The van der Waals surface area contributed by atoms with Crippen LogP contribution in [0.5, 0.6) is 6.01 Å². The number of carbonyl (C=O) groups is 1. The number of anilines is 1. The van der Waals surface area contributed by atoms with E-state index in [1.165, 1.54) is 6.08 Å². The quantitative estimate of drug-likeness (QED) is 0.166. The molecule has 8 rings (SSSR count).